The highest BCUT2D eigenvalue weighted by molar-refractivity contribution is 5.02. The van der Waals surface area contributed by atoms with Crippen LogP contribution < -0.4 is 0 Å². The van der Waals surface area contributed by atoms with E-state index in [1.807, 2.05) is 6.92 Å². The van der Waals surface area contributed by atoms with Gasteiger partial charge >= 0.3 is 0 Å². The van der Waals surface area contributed by atoms with Crippen molar-refractivity contribution in [2.75, 3.05) is 6.61 Å². The van der Waals surface area contributed by atoms with Crippen molar-refractivity contribution in [3.05, 3.63) is 0 Å². The van der Waals surface area contributed by atoms with E-state index in [0.29, 0.717) is 0 Å². The van der Waals surface area contributed by atoms with Crippen molar-refractivity contribution < 1.29 is 10.2 Å². The van der Waals surface area contributed by atoms with E-state index >= 15 is 0 Å². The lowest BCUT2D eigenvalue weighted by atomic mass is 9.56. The van der Waals surface area contributed by atoms with Crippen molar-refractivity contribution in [3.63, 3.8) is 0 Å². The molecule has 2 heteroatoms. The Morgan fingerprint density at radius 3 is 2.19 bits per heavy atom. The van der Waals surface area contributed by atoms with Gasteiger partial charge in [-0.05, 0) is 30.6 Å². The molecule has 1 aliphatic rings. The molecule has 1 saturated carbocycles. The van der Waals surface area contributed by atoms with E-state index in [4.69, 9.17) is 0 Å². The van der Waals surface area contributed by atoms with Gasteiger partial charge in [0.25, 0.3) is 0 Å². The third-order valence-corrected chi connectivity index (χ3v) is 4.88. The van der Waals surface area contributed by atoms with Crippen LogP contribution >= 0.6 is 0 Å². The van der Waals surface area contributed by atoms with E-state index in [1.165, 1.54) is 6.42 Å². The smallest absolute Gasteiger partial charge is 0.0730 e. The zero-order valence-corrected chi connectivity index (χ0v) is 11.5. The van der Waals surface area contributed by atoms with Crippen molar-refractivity contribution in [3.8, 4) is 0 Å². The molecule has 16 heavy (non-hydrogen) atoms. The van der Waals surface area contributed by atoms with Gasteiger partial charge in [-0.25, -0.2) is 0 Å². The first-order chi connectivity index (χ1) is 7.17. The molecule has 0 heterocycles. The zero-order valence-electron chi connectivity index (χ0n) is 11.5. The average molecular weight is 228 g/mol. The Kier molecular flexibility index (Phi) is 3.76. The minimum absolute atomic E-state index is 0.0667. The maximum absolute atomic E-state index is 10.9. The predicted octanol–water partition coefficient (Wildman–Crippen LogP) is 2.97. The maximum atomic E-state index is 10.9. The molecule has 1 fully saturated rings. The highest BCUT2D eigenvalue weighted by atomic mass is 16.3. The van der Waals surface area contributed by atoms with Crippen LogP contribution in [0.25, 0.3) is 0 Å². The van der Waals surface area contributed by atoms with Gasteiger partial charge in [-0.1, -0.05) is 41.0 Å². The van der Waals surface area contributed by atoms with Crippen LogP contribution in [0.4, 0.5) is 0 Å². The summed E-state index contributed by atoms with van der Waals surface area (Å²) in [7, 11) is 0. The number of hydrogen-bond acceptors (Lipinski definition) is 2. The highest BCUT2D eigenvalue weighted by Crippen LogP contribution is 2.51. The third kappa shape index (κ3) is 2.28. The lowest BCUT2D eigenvalue weighted by molar-refractivity contribution is -0.163. The fourth-order valence-corrected chi connectivity index (χ4v) is 3.18. The van der Waals surface area contributed by atoms with Gasteiger partial charge in [0, 0.05) is 5.41 Å². The molecular formula is C14H28O2. The van der Waals surface area contributed by atoms with E-state index in [0.717, 1.165) is 19.3 Å². The second-order valence-electron chi connectivity index (χ2n) is 6.96. The summed E-state index contributed by atoms with van der Waals surface area (Å²) < 4.78 is 0. The van der Waals surface area contributed by atoms with Crippen molar-refractivity contribution in [1.82, 2.24) is 0 Å². The molecule has 0 aromatic heterocycles. The maximum Gasteiger partial charge on any atom is 0.0730 e. The summed E-state index contributed by atoms with van der Waals surface area (Å²) in [6.45, 7) is 10.7. The molecule has 0 radical (unpaired) electrons. The standard InChI is InChI=1S/C14H28O2/c1-11(2)13(5,10-15)14(16)8-6-7-12(3,4)9-14/h11,15-16H,6-10H2,1-5H3. The van der Waals surface area contributed by atoms with Crippen LogP contribution in [0.3, 0.4) is 0 Å². The van der Waals surface area contributed by atoms with Crippen LogP contribution in [-0.4, -0.2) is 22.4 Å². The zero-order chi connectivity index (χ0) is 12.6. The van der Waals surface area contributed by atoms with Gasteiger partial charge < -0.3 is 10.2 Å². The molecule has 0 aliphatic heterocycles. The van der Waals surface area contributed by atoms with Gasteiger partial charge in [0.15, 0.2) is 0 Å². The van der Waals surface area contributed by atoms with Crippen LogP contribution in [0, 0.1) is 16.7 Å². The highest BCUT2D eigenvalue weighted by Gasteiger charge is 2.52. The number of aliphatic hydroxyl groups excluding tert-OH is 1. The van der Waals surface area contributed by atoms with E-state index in [-0.39, 0.29) is 23.4 Å². The monoisotopic (exact) mass is 228 g/mol. The second kappa shape index (κ2) is 4.30. The SMILES string of the molecule is CC(C)C(C)(CO)C1(O)CCCC(C)(C)C1. The topological polar surface area (TPSA) is 40.5 Å². The molecule has 2 unspecified atom stereocenters. The predicted molar refractivity (Wildman–Crippen MR) is 67.2 cm³/mol. The Labute approximate surface area is 100 Å². The van der Waals surface area contributed by atoms with Gasteiger partial charge in [0.2, 0.25) is 0 Å². The van der Waals surface area contributed by atoms with Gasteiger partial charge in [-0.2, -0.15) is 0 Å². The van der Waals surface area contributed by atoms with Gasteiger partial charge in [-0.3, -0.25) is 0 Å². The summed E-state index contributed by atoms with van der Waals surface area (Å²) in [6, 6.07) is 0. The molecule has 0 amide bonds. The molecule has 1 aliphatic carbocycles. The average Bonchev–Trinajstić information content (AvgIpc) is 2.13. The molecule has 0 aromatic rings. The summed E-state index contributed by atoms with van der Waals surface area (Å²) in [5, 5.41) is 20.6. The molecular weight excluding hydrogens is 200 g/mol. The van der Waals surface area contributed by atoms with Gasteiger partial charge in [0.05, 0.1) is 12.2 Å². The second-order valence-corrected chi connectivity index (χ2v) is 6.96. The lowest BCUT2D eigenvalue weighted by Crippen LogP contribution is -2.55. The van der Waals surface area contributed by atoms with Crippen molar-refractivity contribution in [1.29, 1.82) is 0 Å². The Balaban J connectivity index is 2.99. The molecule has 0 saturated heterocycles. The molecule has 1 rings (SSSR count). The fourth-order valence-electron chi connectivity index (χ4n) is 3.18. The van der Waals surface area contributed by atoms with Crippen LogP contribution in [-0.2, 0) is 0 Å². The summed E-state index contributed by atoms with van der Waals surface area (Å²) in [5.41, 5.74) is -0.902. The first-order valence-corrected chi connectivity index (χ1v) is 6.50. The lowest BCUT2D eigenvalue weighted by Gasteiger charge is -2.53. The van der Waals surface area contributed by atoms with E-state index in [9.17, 15) is 10.2 Å². The number of rotatable bonds is 3. The Morgan fingerprint density at radius 2 is 1.81 bits per heavy atom. The van der Waals surface area contributed by atoms with E-state index in [1.54, 1.807) is 0 Å². The number of aliphatic hydroxyl groups is 2. The van der Waals surface area contributed by atoms with Crippen molar-refractivity contribution in [2.45, 2.75) is 65.9 Å². The first-order valence-electron chi connectivity index (χ1n) is 6.50. The van der Waals surface area contributed by atoms with Crippen molar-refractivity contribution >= 4 is 0 Å². The normalized spacial score (nSPS) is 33.8. The molecule has 2 nitrogen and oxygen atoms in total. The van der Waals surface area contributed by atoms with Crippen molar-refractivity contribution in [2.24, 2.45) is 16.7 Å². The summed E-state index contributed by atoms with van der Waals surface area (Å²) >= 11 is 0. The largest absolute Gasteiger partial charge is 0.396 e. The molecule has 0 spiro atoms. The molecule has 2 atom stereocenters. The van der Waals surface area contributed by atoms with Gasteiger partial charge in [-0.15, -0.1) is 0 Å². The Hall–Kier alpha value is -0.0800. The quantitative estimate of drug-likeness (QED) is 0.779. The Morgan fingerprint density at radius 1 is 1.25 bits per heavy atom. The minimum atomic E-state index is -0.711. The van der Waals surface area contributed by atoms with Crippen LogP contribution in [0.2, 0.25) is 0 Å². The summed E-state index contributed by atoms with van der Waals surface area (Å²) in [6.07, 6.45) is 3.86. The minimum Gasteiger partial charge on any atom is -0.396 e. The first kappa shape index (κ1) is 14.0. The van der Waals surface area contributed by atoms with Gasteiger partial charge in [0.1, 0.15) is 0 Å². The molecule has 96 valence electrons. The van der Waals surface area contributed by atoms with Crippen LogP contribution in [0.15, 0.2) is 0 Å². The van der Waals surface area contributed by atoms with Crippen LogP contribution in [0.1, 0.15) is 60.3 Å². The van der Waals surface area contributed by atoms with Crippen LogP contribution in [0.5, 0.6) is 0 Å². The van der Waals surface area contributed by atoms with E-state index in [2.05, 4.69) is 27.7 Å². The summed E-state index contributed by atoms with van der Waals surface area (Å²) in [4.78, 5) is 0. The Bertz CT molecular complexity index is 247. The number of hydrogen-bond donors (Lipinski definition) is 2. The molecule has 0 bridgehead atoms. The molecule has 2 N–H and O–H groups in total. The third-order valence-electron chi connectivity index (χ3n) is 4.88. The summed E-state index contributed by atoms with van der Waals surface area (Å²) in [5.74, 6) is 0.288. The van der Waals surface area contributed by atoms with E-state index < -0.39 is 5.60 Å². The molecule has 0 aromatic carbocycles. The fraction of sp³-hybridized carbons (Fsp3) is 1.00.